The molecule has 2 fully saturated rings. The van der Waals surface area contributed by atoms with Crippen molar-refractivity contribution in [3.05, 3.63) is 64.7 Å². The topological polar surface area (TPSA) is 73.9 Å². The van der Waals surface area contributed by atoms with Crippen molar-refractivity contribution in [1.82, 2.24) is 20.4 Å². The van der Waals surface area contributed by atoms with E-state index in [2.05, 4.69) is 39.8 Å². The predicted octanol–water partition coefficient (Wildman–Crippen LogP) is 1.91. The SMILES string of the molecule is O=C1CN(Cc2ccc(COc3cccc4c3CN(C3CCCNC3)C4=O)cc2)CCN1. The maximum absolute atomic E-state index is 13.0. The molecular formula is C25H30N4O3. The number of piperidine rings is 1. The molecule has 2 aromatic carbocycles. The summed E-state index contributed by atoms with van der Waals surface area (Å²) in [5.74, 6) is 1.01. The molecule has 0 aliphatic carbocycles. The second-order valence-corrected chi connectivity index (χ2v) is 8.88. The standard InChI is InChI=1S/C25H30N4O3/c30-24-16-28(12-11-27-24)14-18-6-8-19(9-7-18)17-32-23-5-1-4-21-22(23)15-29(25(21)31)20-3-2-10-26-13-20/h1,4-9,20,26H,2-3,10-17H2,(H,27,30). The van der Waals surface area contributed by atoms with Gasteiger partial charge in [0.15, 0.2) is 0 Å². The lowest BCUT2D eigenvalue weighted by atomic mass is 10.1. The zero-order valence-electron chi connectivity index (χ0n) is 18.3. The molecule has 1 atom stereocenters. The Morgan fingerprint density at radius 2 is 1.84 bits per heavy atom. The van der Waals surface area contributed by atoms with E-state index in [-0.39, 0.29) is 17.9 Å². The Hall–Kier alpha value is -2.90. The highest BCUT2D eigenvalue weighted by atomic mass is 16.5. The third-order valence-corrected chi connectivity index (χ3v) is 6.61. The van der Waals surface area contributed by atoms with E-state index in [1.807, 2.05) is 23.1 Å². The van der Waals surface area contributed by atoms with Crippen LogP contribution in [-0.4, -0.2) is 60.4 Å². The van der Waals surface area contributed by atoms with E-state index >= 15 is 0 Å². The van der Waals surface area contributed by atoms with Crippen LogP contribution in [0.15, 0.2) is 42.5 Å². The van der Waals surface area contributed by atoms with E-state index in [0.717, 1.165) is 61.5 Å². The summed E-state index contributed by atoms with van der Waals surface area (Å²) in [5, 5.41) is 6.26. The number of rotatable bonds is 6. The summed E-state index contributed by atoms with van der Waals surface area (Å²) >= 11 is 0. The molecule has 1 unspecified atom stereocenters. The van der Waals surface area contributed by atoms with Gasteiger partial charge in [-0.3, -0.25) is 14.5 Å². The van der Waals surface area contributed by atoms with Gasteiger partial charge in [0.1, 0.15) is 12.4 Å². The normalized spacial score (nSPS) is 21.4. The number of carbonyl (C=O) groups excluding carboxylic acids is 2. The van der Waals surface area contributed by atoms with Gasteiger partial charge in [-0.2, -0.15) is 0 Å². The van der Waals surface area contributed by atoms with Crippen LogP contribution in [-0.2, 0) is 24.5 Å². The molecule has 2 N–H and O–H groups in total. The molecule has 0 spiro atoms. The van der Waals surface area contributed by atoms with Crippen molar-refractivity contribution >= 4 is 11.8 Å². The summed E-state index contributed by atoms with van der Waals surface area (Å²) in [6.45, 7) is 5.80. The molecule has 3 aliphatic heterocycles. The second kappa shape index (κ2) is 9.30. The average Bonchev–Trinajstić information content (AvgIpc) is 3.16. The van der Waals surface area contributed by atoms with Gasteiger partial charge in [0, 0.05) is 43.3 Å². The minimum absolute atomic E-state index is 0.0912. The van der Waals surface area contributed by atoms with Gasteiger partial charge >= 0.3 is 0 Å². The maximum Gasteiger partial charge on any atom is 0.254 e. The van der Waals surface area contributed by atoms with Crippen molar-refractivity contribution in [2.45, 2.75) is 38.6 Å². The number of nitrogens with one attached hydrogen (secondary N) is 2. The molecule has 2 saturated heterocycles. The highest BCUT2D eigenvalue weighted by Gasteiger charge is 2.35. The monoisotopic (exact) mass is 434 g/mol. The van der Waals surface area contributed by atoms with Crippen LogP contribution in [0.4, 0.5) is 0 Å². The van der Waals surface area contributed by atoms with E-state index in [0.29, 0.717) is 26.2 Å². The fourth-order valence-electron chi connectivity index (χ4n) is 4.84. The quantitative estimate of drug-likeness (QED) is 0.727. The molecule has 0 bridgehead atoms. The smallest absolute Gasteiger partial charge is 0.254 e. The van der Waals surface area contributed by atoms with Crippen LogP contribution in [0.3, 0.4) is 0 Å². The average molecular weight is 435 g/mol. The van der Waals surface area contributed by atoms with E-state index in [4.69, 9.17) is 4.74 Å². The summed E-state index contributed by atoms with van der Waals surface area (Å²) < 4.78 is 6.16. The van der Waals surface area contributed by atoms with Crippen molar-refractivity contribution in [1.29, 1.82) is 0 Å². The van der Waals surface area contributed by atoms with Crippen molar-refractivity contribution in [2.24, 2.45) is 0 Å². The molecule has 0 radical (unpaired) electrons. The summed E-state index contributed by atoms with van der Waals surface area (Å²) in [4.78, 5) is 28.7. The Morgan fingerprint density at radius 3 is 2.62 bits per heavy atom. The molecule has 32 heavy (non-hydrogen) atoms. The molecule has 0 saturated carbocycles. The van der Waals surface area contributed by atoms with Gasteiger partial charge in [-0.05, 0) is 42.6 Å². The Bertz CT molecular complexity index is 985. The summed E-state index contributed by atoms with van der Waals surface area (Å²) in [6.07, 6.45) is 2.16. The van der Waals surface area contributed by atoms with Crippen LogP contribution < -0.4 is 15.4 Å². The molecule has 5 rings (SSSR count). The lowest BCUT2D eigenvalue weighted by Crippen LogP contribution is -2.47. The Kier molecular flexibility index (Phi) is 6.10. The molecule has 3 aliphatic rings. The van der Waals surface area contributed by atoms with Crippen LogP contribution in [0.5, 0.6) is 5.75 Å². The van der Waals surface area contributed by atoms with E-state index in [1.54, 1.807) is 0 Å². The number of hydrogen-bond donors (Lipinski definition) is 2. The molecule has 0 aromatic heterocycles. The lowest BCUT2D eigenvalue weighted by Gasteiger charge is -2.31. The number of benzene rings is 2. The van der Waals surface area contributed by atoms with E-state index < -0.39 is 0 Å². The van der Waals surface area contributed by atoms with Crippen molar-refractivity contribution in [3.8, 4) is 5.75 Å². The number of carbonyl (C=O) groups is 2. The van der Waals surface area contributed by atoms with Gasteiger partial charge < -0.3 is 20.3 Å². The molecule has 7 nitrogen and oxygen atoms in total. The zero-order valence-corrected chi connectivity index (χ0v) is 18.3. The second-order valence-electron chi connectivity index (χ2n) is 8.88. The number of ether oxygens (including phenoxy) is 1. The number of nitrogens with zero attached hydrogens (tertiary/aromatic N) is 2. The minimum atomic E-state index is 0.0912. The first kappa shape index (κ1) is 21.0. The third-order valence-electron chi connectivity index (χ3n) is 6.61. The van der Waals surface area contributed by atoms with Gasteiger partial charge in [0.25, 0.3) is 5.91 Å². The van der Waals surface area contributed by atoms with Gasteiger partial charge in [-0.1, -0.05) is 30.3 Å². The van der Waals surface area contributed by atoms with Gasteiger partial charge in [0.2, 0.25) is 5.91 Å². The predicted molar refractivity (Wildman–Crippen MR) is 121 cm³/mol. The van der Waals surface area contributed by atoms with Crippen LogP contribution in [0.2, 0.25) is 0 Å². The number of amides is 2. The van der Waals surface area contributed by atoms with Crippen molar-refractivity contribution in [3.63, 3.8) is 0 Å². The number of fused-ring (bicyclic) bond motifs is 1. The molecule has 3 heterocycles. The fourth-order valence-corrected chi connectivity index (χ4v) is 4.84. The highest BCUT2D eigenvalue weighted by Crippen LogP contribution is 2.33. The number of hydrogen-bond acceptors (Lipinski definition) is 5. The molecule has 2 aromatic rings. The highest BCUT2D eigenvalue weighted by molar-refractivity contribution is 5.99. The third kappa shape index (κ3) is 4.49. The number of piperazine rings is 1. The van der Waals surface area contributed by atoms with Crippen molar-refractivity contribution in [2.75, 3.05) is 32.7 Å². The first-order chi connectivity index (χ1) is 15.7. The summed E-state index contributed by atoms with van der Waals surface area (Å²) in [5.41, 5.74) is 4.05. The van der Waals surface area contributed by atoms with Gasteiger partial charge in [-0.15, -0.1) is 0 Å². The molecule has 7 heteroatoms. The van der Waals surface area contributed by atoms with Gasteiger partial charge in [-0.25, -0.2) is 0 Å². The van der Waals surface area contributed by atoms with E-state index in [1.165, 1.54) is 5.56 Å². The lowest BCUT2D eigenvalue weighted by molar-refractivity contribution is -0.124. The Balaban J connectivity index is 1.21. The van der Waals surface area contributed by atoms with Crippen molar-refractivity contribution < 1.29 is 14.3 Å². The molecular weight excluding hydrogens is 404 g/mol. The van der Waals surface area contributed by atoms with Crippen LogP contribution in [0.1, 0.15) is 39.9 Å². The Labute approximate surface area is 188 Å². The van der Waals surface area contributed by atoms with Gasteiger partial charge in [0.05, 0.1) is 13.1 Å². The fraction of sp³-hybridized carbons (Fsp3) is 0.440. The largest absolute Gasteiger partial charge is 0.489 e. The first-order valence-electron chi connectivity index (χ1n) is 11.5. The zero-order chi connectivity index (χ0) is 21.9. The first-order valence-corrected chi connectivity index (χ1v) is 11.5. The summed E-state index contributed by atoms with van der Waals surface area (Å²) in [7, 11) is 0. The molecule has 2 amide bonds. The Morgan fingerprint density at radius 1 is 1.00 bits per heavy atom. The molecule has 168 valence electrons. The summed E-state index contributed by atoms with van der Waals surface area (Å²) in [6, 6.07) is 14.4. The van der Waals surface area contributed by atoms with E-state index in [9.17, 15) is 9.59 Å². The minimum Gasteiger partial charge on any atom is -0.489 e. The van der Waals surface area contributed by atoms with Crippen LogP contribution >= 0.6 is 0 Å². The van der Waals surface area contributed by atoms with Crippen LogP contribution in [0.25, 0.3) is 0 Å². The van der Waals surface area contributed by atoms with Crippen LogP contribution in [0, 0.1) is 0 Å². The maximum atomic E-state index is 13.0.